The Labute approximate surface area is 101 Å². The number of aliphatic carboxylic acids is 1. The number of aliphatic hydroxyl groups is 1. The highest BCUT2D eigenvalue weighted by Crippen LogP contribution is 2.31. The van der Waals surface area contributed by atoms with E-state index in [-0.39, 0.29) is 15.6 Å². The number of carboxylic acids is 1. The van der Waals surface area contributed by atoms with Crippen LogP contribution in [0.2, 0.25) is 10.0 Å². The average molecular weight is 267 g/mol. The van der Waals surface area contributed by atoms with Crippen molar-refractivity contribution in [3.63, 3.8) is 0 Å². The van der Waals surface area contributed by atoms with E-state index in [9.17, 15) is 14.3 Å². The molecule has 2 atom stereocenters. The molecule has 0 fully saturated rings. The molecule has 0 bridgehead atoms. The van der Waals surface area contributed by atoms with Crippen LogP contribution in [0.25, 0.3) is 0 Å². The van der Waals surface area contributed by atoms with Gasteiger partial charge in [-0.15, -0.1) is 0 Å². The van der Waals surface area contributed by atoms with Crippen LogP contribution in [0.1, 0.15) is 12.5 Å². The molecular weight excluding hydrogens is 258 g/mol. The molecule has 0 saturated heterocycles. The molecule has 3 nitrogen and oxygen atoms in total. The Morgan fingerprint density at radius 2 is 2.00 bits per heavy atom. The molecule has 0 saturated carbocycles. The first-order valence-corrected chi connectivity index (χ1v) is 5.07. The smallest absolute Gasteiger partial charge is 0.341 e. The quantitative estimate of drug-likeness (QED) is 0.885. The average Bonchev–Trinajstić information content (AvgIpc) is 2.20. The van der Waals surface area contributed by atoms with E-state index in [1.165, 1.54) is 18.2 Å². The van der Waals surface area contributed by atoms with Crippen molar-refractivity contribution in [2.45, 2.75) is 18.7 Å². The number of alkyl halides is 1. The SMILES string of the molecule is CC(O)(c1ccc(Cl)c(Cl)c1)C(F)C(=O)O. The van der Waals surface area contributed by atoms with E-state index in [1.54, 1.807) is 0 Å². The van der Waals surface area contributed by atoms with Gasteiger partial charge in [-0.25, -0.2) is 9.18 Å². The first-order chi connectivity index (χ1) is 7.26. The second kappa shape index (κ2) is 4.57. The van der Waals surface area contributed by atoms with E-state index < -0.39 is 17.7 Å². The lowest BCUT2D eigenvalue weighted by Gasteiger charge is -2.25. The van der Waals surface area contributed by atoms with Crippen molar-refractivity contribution in [3.05, 3.63) is 33.8 Å². The molecule has 2 unspecified atom stereocenters. The van der Waals surface area contributed by atoms with E-state index in [0.717, 1.165) is 6.92 Å². The van der Waals surface area contributed by atoms with E-state index in [4.69, 9.17) is 28.3 Å². The Morgan fingerprint density at radius 1 is 1.44 bits per heavy atom. The molecule has 0 aliphatic carbocycles. The first kappa shape index (κ1) is 13.2. The predicted octanol–water partition coefficient (Wildman–Crippen LogP) is 2.62. The molecule has 0 aliphatic heterocycles. The molecule has 0 spiro atoms. The maximum Gasteiger partial charge on any atom is 0.341 e. The van der Waals surface area contributed by atoms with Crippen LogP contribution in [0.15, 0.2) is 18.2 Å². The largest absolute Gasteiger partial charge is 0.479 e. The van der Waals surface area contributed by atoms with Crippen LogP contribution in [-0.2, 0) is 10.4 Å². The number of carboxylic acid groups (broad SMARTS) is 1. The van der Waals surface area contributed by atoms with Crippen LogP contribution >= 0.6 is 23.2 Å². The molecule has 88 valence electrons. The van der Waals surface area contributed by atoms with Crippen molar-refractivity contribution >= 4 is 29.2 Å². The summed E-state index contributed by atoms with van der Waals surface area (Å²) in [6, 6.07) is 3.92. The zero-order valence-corrected chi connectivity index (χ0v) is 9.76. The Balaban J connectivity index is 3.16. The van der Waals surface area contributed by atoms with E-state index in [0.29, 0.717) is 0 Å². The van der Waals surface area contributed by atoms with Crippen LogP contribution in [0.5, 0.6) is 0 Å². The van der Waals surface area contributed by atoms with Crippen molar-refractivity contribution in [2.75, 3.05) is 0 Å². The van der Waals surface area contributed by atoms with Gasteiger partial charge < -0.3 is 10.2 Å². The third kappa shape index (κ3) is 2.45. The minimum atomic E-state index is -2.44. The number of hydrogen-bond acceptors (Lipinski definition) is 2. The Hall–Kier alpha value is -0.840. The van der Waals surface area contributed by atoms with Crippen LogP contribution in [0.3, 0.4) is 0 Å². The maximum absolute atomic E-state index is 13.3. The van der Waals surface area contributed by atoms with Gasteiger partial charge in [0.05, 0.1) is 10.0 Å². The number of halogens is 3. The lowest BCUT2D eigenvalue weighted by molar-refractivity contribution is -0.153. The van der Waals surface area contributed by atoms with Gasteiger partial charge in [0, 0.05) is 0 Å². The third-order valence-electron chi connectivity index (χ3n) is 2.21. The summed E-state index contributed by atoms with van der Waals surface area (Å²) in [4.78, 5) is 10.5. The summed E-state index contributed by atoms with van der Waals surface area (Å²) in [5.74, 6) is -1.74. The molecule has 1 rings (SSSR count). The van der Waals surface area contributed by atoms with Crippen LogP contribution in [0, 0.1) is 0 Å². The Bertz CT molecular complexity index is 421. The fourth-order valence-electron chi connectivity index (χ4n) is 1.20. The maximum atomic E-state index is 13.3. The second-order valence-corrected chi connectivity index (χ2v) is 4.29. The van der Waals surface area contributed by atoms with Gasteiger partial charge in [0.1, 0.15) is 5.60 Å². The molecule has 0 amide bonds. The summed E-state index contributed by atoms with van der Waals surface area (Å²) < 4.78 is 13.3. The molecule has 6 heteroatoms. The number of benzene rings is 1. The standard InChI is InChI=1S/C10H9Cl2FO3/c1-10(16,8(13)9(14)15)5-2-3-6(11)7(12)4-5/h2-4,8,16H,1H3,(H,14,15). The third-order valence-corrected chi connectivity index (χ3v) is 2.95. The molecule has 0 radical (unpaired) electrons. The van der Waals surface area contributed by atoms with Crippen molar-refractivity contribution in [2.24, 2.45) is 0 Å². The zero-order chi connectivity index (χ0) is 12.5. The van der Waals surface area contributed by atoms with Crippen molar-refractivity contribution in [1.82, 2.24) is 0 Å². The topological polar surface area (TPSA) is 57.5 Å². The summed E-state index contributed by atoms with van der Waals surface area (Å²) in [5.41, 5.74) is -2.10. The van der Waals surface area contributed by atoms with E-state index in [1.807, 2.05) is 0 Å². The minimum Gasteiger partial charge on any atom is -0.479 e. The summed E-state index contributed by atoms with van der Waals surface area (Å²) in [6.07, 6.45) is -2.44. The molecule has 0 aromatic heterocycles. The van der Waals surface area contributed by atoms with Gasteiger partial charge in [-0.3, -0.25) is 0 Å². The fraction of sp³-hybridized carbons (Fsp3) is 0.300. The molecule has 16 heavy (non-hydrogen) atoms. The molecule has 0 heterocycles. The van der Waals surface area contributed by atoms with Gasteiger partial charge in [0.15, 0.2) is 0 Å². The minimum absolute atomic E-state index is 0.0526. The molecule has 2 N–H and O–H groups in total. The summed E-state index contributed by atoms with van der Waals surface area (Å²) in [5, 5.41) is 18.7. The number of carbonyl (C=O) groups is 1. The van der Waals surface area contributed by atoms with E-state index >= 15 is 0 Å². The highest BCUT2D eigenvalue weighted by atomic mass is 35.5. The monoisotopic (exact) mass is 266 g/mol. The van der Waals surface area contributed by atoms with Gasteiger partial charge in [0.25, 0.3) is 0 Å². The molecule has 1 aromatic carbocycles. The van der Waals surface area contributed by atoms with Crippen molar-refractivity contribution in [1.29, 1.82) is 0 Å². The normalized spacial score (nSPS) is 16.6. The summed E-state index contributed by atoms with van der Waals surface area (Å²) in [7, 11) is 0. The first-order valence-electron chi connectivity index (χ1n) is 4.31. The molecule has 1 aromatic rings. The molecular formula is C10H9Cl2FO3. The zero-order valence-electron chi connectivity index (χ0n) is 8.25. The highest BCUT2D eigenvalue weighted by Gasteiger charge is 2.39. The van der Waals surface area contributed by atoms with Crippen molar-refractivity contribution < 1.29 is 19.4 Å². The van der Waals surface area contributed by atoms with Crippen LogP contribution in [0.4, 0.5) is 4.39 Å². The van der Waals surface area contributed by atoms with Gasteiger partial charge in [-0.05, 0) is 24.6 Å². The summed E-state index contributed by atoms with van der Waals surface area (Å²) in [6.45, 7) is 1.06. The molecule has 0 aliphatic rings. The van der Waals surface area contributed by atoms with Crippen molar-refractivity contribution in [3.8, 4) is 0 Å². The van der Waals surface area contributed by atoms with Gasteiger partial charge in [-0.1, -0.05) is 29.3 Å². The Morgan fingerprint density at radius 3 is 2.44 bits per heavy atom. The van der Waals surface area contributed by atoms with E-state index in [2.05, 4.69) is 0 Å². The second-order valence-electron chi connectivity index (χ2n) is 3.48. The van der Waals surface area contributed by atoms with Gasteiger partial charge in [0.2, 0.25) is 6.17 Å². The lowest BCUT2D eigenvalue weighted by Crippen LogP contribution is -2.39. The number of hydrogen-bond donors (Lipinski definition) is 2. The van der Waals surface area contributed by atoms with Crippen LogP contribution in [-0.4, -0.2) is 22.4 Å². The Kier molecular flexibility index (Phi) is 3.78. The van der Waals surface area contributed by atoms with Gasteiger partial charge >= 0.3 is 5.97 Å². The number of rotatable bonds is 3. The van der Waals surface area contributed by atoms with Crippen LogP contribution < -0.4 is 0 Å². The highest BCUT2D eigenvalue weighted by molar-refractivity contribution is 6.42. The van der Waals surface area contributed by atoms with Gasteiger partial charge in [-0.2, -0.15) is 0 Å². The summed E-state index contributed by atoms with van der Waals surface area (Å²) >= 11 is 11.3. The fourth-order valence-corrected chi connectivity index (χ4v) is 1.50. The predicted molar refractivity (Wildman–Crippen MR) is 58.6 cm³/mol. The lowest BCUT2D eigenvalue weighted by atomic mass is 9.91.